The van der Waals surface area contributed by atoms with E-state index in [9.17, 15) is 13.2 Å². The molecule has 1 aromatic carbocycles. The van der Waals surface area contributed by atoms with Crippen LogP contribution in [0.2, 0.25) is 0 Å². The van der Waals surface area contributed by atoms with E-state index >= 15 is 0 Å². The number of hydrogen-bond acceptors (Lipinski definition) is 5. The number of rotatable bonds is 9. The third-order valence-electron chi connectivity index (χ3n) is 6.03. The highest BCUT2D eigenvalue weighted by Crippen LogP contribution is 2.18. The minimum absolute atomic E-state index is 0.0480. The summed E-state index contributed by atoms with van der Waals surface area (Å²) in [4.78, 5) is 21.8. The van der Waals surface area contributed by atoms with E-state index in [1.165, 1.54) is 16.4 Å². The molecule has 8 nitrogen and oxygen atoms in total. The molecule has 0 aliphatic carbocycles. The molecule has 0 N–H and O–H groups in total. The van der Waals surface area contributed by atoms with Crippen molar-refractivity contribution in [1.29, 1.82) is 0 Å². The zero-order chi connectivity index (χ0) is 23.3. The van der Waals surface area contributed by atoms with Gasteiger partial charge in [-0.2, -0.15) is 4.31 Å². The lowest BCUT2D eigenvalue weighted by molar-refractivity contribution is 0.0633. The molecule has 32 heavy (non-hydrogen) atoms. The Labute approximate surface area is 191 Å². The first-order chi connectivity index (χ1) is 15.3. The predicted molar refractivity (Wildman–Crippen MR) is 125 cm³/mol. The molecule has 0 spiro atoms. The molecule has 1 aliphatic rings. The third kappa shape index (κ3) is 5.39. The van der Waals surface area contributed by atoms with Gasteiger partial charge in [0.25, 0.3) is 5.91 Å². The van der Waals surface area contributed by atoms with E-state index in [-0.39, 0.29) is 10.8 Å². The lowest BCUT2D eigenvalue weighted by Gasteiger charge is -2.35. The molecule has 0 radical (unpaired) electrons. The highest BCUT2D eigenvalue weighted by atomic mass is 32.2. The first-order valence-corrected chi connectivity index (χ1v) is 12.8. The lowest BCUT2D eigenvalue weighted by Crippen LogP contribution is -2.49. The Morgan fingerprint density at radius 3 is 2.22 bits per heavy atom. The van der Waals surface area contributed by atoms with Crippen molar-refractivity contribution in [1.82, 2.24) is 23.7 Å². The van der Waals surface area contributed by atoms with Crippen LogP contribution in [0.4, 0.5) is 0 Å². The second-order valence-electron chi connectivity index (χ2n) is 8.38. The average Bonchev–Trinajstić information content (AvgIpc) is 3.27. The molecule has 2 heterocycles. The van der Waals surface area contributed by atoms with Crippen LogP contribution >= 0.6 is 0 Å². The van der Waals surface area contributed by atoms with Gasteiger partial charge in [-0.05, 0) is 24.3 Å². The molecule has 1 saturated heterocycles. The first kappa shape index (κ1) is 24.4. The number of nitrogens with zero attached hydrogens (tertiary/aromatic N) is 5. The largest absolute Gasteiger partial charge is 0.336 e. The van der Waals surface area contributed by atoms with Crippen molar-refractivity contribution < 1.29 is 13.2 Å². The number of carbonyl (C=O) groups is 1. The standard InChI is InChI=1S/C23H35N5O3S/c1-5-28(6-2)32(30,31)21-9-7-20(8-10-21)23(29)27-17-14-25(15-18-27)13-16-26-12-11-24-22(26)19(3)4/h7-12,19H,5-6,13-18H2,1-4H3. The summed E-state index contributed by atoms with van der Waals surface area (Å²) in [5.74, 6) is 1.45. The fourth-order valence-corrected chi connectivity index (χ4v) is 5.56. The fraction of sp³-hybridized carbons (Fsp3) is 0.565. The zero-order valence-electron chi connectivity index (χ0n) is 19.6. The number of imidazole rings is 1. The van der Waals surface area contributed by atoms with Gasteiger partial charge >= 0.3 is 0 Å². The maximum Gasteiger partial charge on any atom is 0.253 e. The Morgan fingerprint density at radius 1 is 1.03 bits per heavy atom. The van der Waals surface area contributed by atoms with Crippen LogP contribution in [-0.4, -0.2) is 83.8 Å². The monoisotopic (exact) mass is 461 g/mol. The topological polar surface area (TPSA) is 78.8 Å². The quantitative estimate of drug-likeness (QED) is 0.573. The van der Waals surface area contributed by atoms with Crippen LogP contribution in [0.15, 0.2) is 41.6 Å². The van der Waals surface area contributed by atoms with Crippen molar-refractivity contribution in [3.05, 3.63) is 48.0 Å². The van der Waals surface area contributed by atoms with Crippen LogP contribution in [0.5, 0.6) is 0 Å². The Bertz CT molecular complexity index is 989. The fourth-order valence-electron chi connectivity index (χ4n) is 4.10. The number of amides is 1. The second kappa shape index (κ2) is 10.6. The van der Waals surface area contributed by atoms with E-state index in [2.05, 4.69) is 28.3 Å². The smallest absolute Gasteiger partial charge is 0.253 e. The molecule has 1 fully saturated rings. The Hall–Kier alpha value is -2.23. The number of hydrogen-bond donors (Lipinski definition) is 0. The maximum absolute atomic E-state index is 12.9. The average molecular weight is 462 g/mol. The van der Waals surface area contributed by atoms with Gasteiger partial charge < -0.3 is 9.47 Å². The molecular formula is C23H35N5O3S. The summed E-state index contributed by atoms with van der Waals surface area (Å²) in [5, 5.41) is 0. The molecule has 0 bridgehead atoms. The van der Waals surface area contributed by atoms with E-state index in [0.717, 1.165) is 32.0 Å². The number of piperazine rings is 1. The van der Waals surface area contributed by atoms with E-state index < -0.39 is 10.0 Å². The molecule has 2 aromatic rings. The molecular weight excluding hydrogens is 426 g/mol. The molecule has 1 aliphatic heterocycles. The molecule has 1 amide bonds. The van der Waals surface area contributed by atoms with Gasteiger partial charge in [0, 0.05) is 76.2 Å². The molecule has 9 heteroatoms. The summed E-state index contributed by atoms with van der Waals surface area (Å²) in [6, 6.07) is 6.32. The molecule has 1 aromatic heterocycles. The van der Waals surface area contributed by atoms with Crippen molar-refractivity contribution in [2.75, 3.05) is 45.8 Å². The lowest BCUT2D eigenvalue weighted by atomic mass is 10.2. The first-order valence-electron chi connectivity index (χ1n) is 11.4. The van der Waals surface area contributed by atoms with Gasteiger partial charge in [0.2, 0.25) is 10.0 Å². The van der Waals surface area contributed by atoms with Crippen molar-refractivity contribution in [3.8, 4) is 0 Å². The van der Waals surface area contributed by atoms with Crippen LogP contribution in [0.1, 0.15) is 49.8 Å². The third-order valence-corrected chi connectivity index (χ3v) is 8.09. The predicted octanol–water partition coefficient (Wildman–Crippen LogP) is 2.50. The number of carbonyl (C=O) groups excluding carboxylic acids is 1. The van der Waals surface area contributed by atoms with Gasteiger partial charge in [0.15, 0.2) is 0 Å². The highest BCUT2D eigenvalue weighted by molar-refractivity contribution is 7.89. The van der Waals surface area contributed by atoms with Crippen LogP contribution in [0.25, 0.3) is 0 Å². The molecule has 176 valence electrons. The van der Waals surface area contributed by atoms with E-state index in [4.69, 9.17) is 0 Å². The van der Waals surface area contributed by atoms with Crippen LogP contribution in [0.3, 0.4) is 0 Å². The molecule has 0 atom stereocenters. The van der Waals surface area contributed by atoms with E-state index in [1.807, 2.05) is 31.1 Å². The summed E-state index contributed by atoms with van der Waals surface area (Å²) >= 11 is 0. The van der Waals surface area contributed by atoms with Crippen molar-refractivity contribution in [2.24, 2.45) is 0 Å². The number of benzene rings is 1. The van der Waals surface area contributed by atoms with Gasteiger partial charge in [-0.1, -0.05) is 27.7 Å². The van der Waals surface area contributed by atoms with Crippen LogP contribution < -0.4 is 0 Å². The Balaban J connectivity index is 1.54. The van der Waals surface area contributed by atoms with Gasteiger partial charge in [-0.15, -0.1) is 0 Å². The number of aromatic nitrogens is 2. The van der Waals surface area contributed by atoms with Crippen molar-refractivity contribution in [3.63, 3.8) is 0 Å². The summed E-state index contributed by atoms with van der Waals surface area (Å²) < 4.78 is 28.9. The molecule has 0 unspecified atom stereocenters. The Kier molecular flexibility index (Phi) is 8.08. The van der Waals surface area contributed by atoms with E-state index in [1.54, 1.807) is 12.1 Å². The van der Waals surface area contributed by atoms with Gasteiger partial charge in [-0.3, -0.25) is 9.69 Å². The van der Waals surface area contributed by atoms with Crippen LogP contribution in [0, 0.1) is 0 Å². The maximum atomic E-state index is 12.9. The highest BCUT2D eigenvalue weighted by Gasteiger charge is 2.24. The second-order valence-corrected chi connectivity index (χ2v) is 10.3. The molecule has 0 saturated carbocycles. The minimum atomic E-state index is -3.51. The van der Waals surface area contributed by atoms with Gasteiger partial charge in [-0.25, -0.2) is 13.4 Å². The van der Waals surface area contributed by atoms with Crippen LogP contribution in [-0.2, 0) is 16.6 Å². The van der Waals surface area contributed by atoms with Crippen molar-refractivity contribution >= 4 is 15.9 Å². The minimum Gasteiger partial charge on any atom is -0.336 e. The summed E-state index contributed by atoms with van der Waals surface area (Å²) in [5.41, 5.74) is 0.525. The normalized spacial score (nSPS) is 15.6. The summed E-state index contributed by atoms with van der Waals surface area (Å²) in [6.07, 6.45) is 3.88. The Morgan fingerprint density at radius 2 is 1.66 bits per heavy atom. The number of sulfonamides is 1. The summed E-state index contributed by atoms with van der Waals surface area (Å²) in [7, 11) is -3.51. The van der Waals surface area contributed by atoms with Crippen molar-refractivity contribution in [2.45, 2.75) is 45.1 Å². The molecule has 3 rings (SSSR count). The van der Waals surface area contributed by atoms with Gasteiger partial charge in [0.05, 0.1) is 4.90 Å². The zero-order valence-corrected chi connectivity index (χ0v) is 20.4. The SMILES string of the molecule is CCN(CC)S(=O)(=O)c1ccc(C(=O)N2CCN(CCn3ccnc3C(C)C)CC2)cc1. The summed E-state index contributed by atoms with van der Waals surface area (Å²) in [6.45, 7) is 13.6. The van der Waals surface area contributed by atoms with Gasteiger partial charge in [0.1, 0.15) is 5.82 Å². The van der Waals surface area contributed by atoms with E-state index in [0.29, 0.717) is 37.7 Å².